The number of carbonyl (C=O) groups excluding carboxylic acids is 1. The van der Waals surface area contributed by atoms with Gasteiger partial charge in [-0.2, -0.15) is 4.31 Å². The Balaban J connectivity index is 2.20. The number of carbonyl (C=O) groups is 1. The van der Waals surface area contributed by atoms with E-state index in [1.54, 1.807) is 12.1 Å². The summed E-state index contributed by atoms with van der Waals surface area (Å²) in [5, 5.41) is 2.83. The number of nitrogens with zero attached hydrogens (tertiary/aromatic N) is 1. The van der Waals surface area contributed by atoms with Gasteiger partial charge in [-0.25, -0.2) is 8.42 Å². The summed E-state index contributed by atoms with van der Waals surface area (Å²) < 4.78 is 32.6. The van der Waals surface area contributed by atoms with Gasteiger partial charge in [-0.1, -0.05) is 13.8 Å². The lowest BCUT2D eigenvalue weighted by atomic mass is 10.1. The molecule has 134 valence electrons. The van der Waals surface area contributed by atoms with Gasteiger partial charge in [0.2, 0.25) is 10.0 Å². The second-order valence-electron chi connectivity index (χ2n) is 6.10. The maximum atomic E-state index is 12.8. The standard InChI is InChI=1S/C16H23BrN2O4S/c1-12(2)5-6-18-16(20)13-3-4-14(17)15(11-13)24(21,22)19-7-9-23-10-8-19/h3-4,11-12H,5-10H2,1-2H3,(H,18,20). The van der Waals surface area contributed by atoms with E-state index in [9.17, 15) is 13.2 Å². The van der Waals surface area contributed by atoms with Gasteiger partial charge in [0.05, 0.1) is 18.1 Å². The fraction of sp³-hybridized carbons (Fsp3) is 0.562. The van der Waals surface area contributed by atoms with Crippen molar-refractivity contribution in [2.75, 3.05) is 32.8 Å². The summed E-state index contributed by atoms with van der Waals surface area (Å²) >= 11 is 3.28. The number of hydrogen-bond acceptors (Lipinski definition) is 4. The van der Waals surface area contributed by atoms with Crippen molar-refractivity contribution in [2.24, 2.45) is 5.92 Å². The molecule has 6 nitrogen and oxygen atoms in total. The fourth-order valence-corrected chi connectivity index (χ4v) is 4.70. The number of sulfonamides is 1. The molecule has 1 heterocycles. The minimum Gasteiger partial charge on any atom is -0.379 e. The zero-order chi connectivity index (χ0) is 17.7. The van der Waals surface area contributed by atoms with Crippen LogP contribution in [-0.4, -0.2) is 51.5 Å². The zero-order valence-electron chi connectivity index (χ0n) is 13.9. The number of benzene rings is 1. The molecule has 0 unspecified atom stereocenters. The van der Waals surface area contributed by atoms with E-state index in [0.717, 1.165) is 6.42 Å². The number of rotatable bonds is 6. The number of morpholine rings is 1. The molecule has 1 fully saturated rings. The van der Waals surface area contributed by atoms with Crippen LogP contribution in [0.1, 0.15) is 30.6 Å². The first-order valence-electron chi connectivity index (χ1n) is 7.98. The van der Waals surface area contributed by atoms with Gasteiger partial charge < -0.3 is 10.1 Å². The predicted molar refractivity (Wildman–Crippen MR) is 95.5 cm³/mol. The molecule has 0 spiro atoms. The molecule has 1 aromatic rings. The average molecular weight is 419 g/mol. The van der Waals surface area contributed by atoms with Crippen LogP contribution in [0.3, 0.4) is 0 Å². The first kappa shape index (κ1) is 19.4. The van der Waals surface area contributed by atoms with Crippen LogP contribution in [0.2, 0.25) is 0 Å². The van der Waals surface area contributed by atoms with E-state index in [1.165, 1.54) is 10.4 Å². The van der Waals surface area contributed by atoms with E-state index in [1.807, 2.05) is 0 Å². The van der Waals surface area contributed by atoms with Crippen molar-refractivity contribution in [3.63, 3.8) is 0 Å². The minimum atomic E-state index is -3.66. The summed E-state index contributed by atoms with van der Waals surface area (Å²) in [5.41, 5.74) is 0.341. The SMILES string of the molecule is CC(C)CCNC(=O)c1ccc(Br)c(S(=O)(=O)N2CCOCC2)c1. The Bertz CT molecular complexity index is 685. The maximum Gasteiger partial charge on any atom is 0.251 e. The van der Waals surface area contributed by atoms with E-state index < -0.39 is 10.0 Å². The van der Waals surface area contributed by atoms with Crippen molar-refractivity contribution < 1.29 is 17.9 Å². The van der Waals surface area contributed by atoms with Crippen LogP contribution in [0.5, 0.6) is 0 Å². The fourth-order valence-electron chi connectivity index (χ4n) is 2.34. The topological polar surface area (TPSA) is 75.7 Å². The molecule has 1 aliphatic rings. The van der Waals surface area contributed by atoms with Crippen LogP contribution in [0.15, 0.2) is 27.6 Å². The summed E-state index contributed by atoms with van der Waals surface area (Å²) in [6.07, 6.45) is 0.876. The number of ether oxygens (including phenoxy) is 1. The minimum absolute atomic E-state index is 0.112. The summed E-state index contributed by atoms with van der Waals surface area (Å²) in [7, 11) is -3.66. The normalized spacial score (nSPS) is 16.3. The van der Waals surface area contributed by atoms with Gasteiger partial charge in [0, 0.05) is 29.7 Å². The largest absolute Gasteiger partial charge is 0.379 e. The molecule has 1 saturated heterocycles. The highest BCUT2D eigenvalue weighted by Crippen LogP contribution is 2.27. The van der Waals surface area contributed by atoms with Crippen LogP contribution >= 0.6 is 15.9 Å². The van der Waals surface area contributed by atoms with E-state index in [2.05, 4.69) is 35.1 Å². The number of nitrogens with one attached hydrogen (secondary N) is 1. The molecule has 0 aliphatic carbocycles. The molecule has 0 bridgehead atoms. The molecule has 1 aliphatic heterocycles. The average Bonchev–Trinajstić information content (AvgIpc) is 2.55. The lowest BCUT2D eigenvalue weighted by Crippen LogP contribution is -2.40. The molecule has 24 heavy (non-hydrogen) atoms. The Morgan fingerprint density at radius 2 is 2.00 bits per heavy atom. The first-order chi connectivity index (χ1) is 11.3. The van der Waals surface area contributed by atoms with Crippen LogP contribution in [0.4, 0.5) is 0 Å². The van der Waals surface area contributed by atoms with Gasteiger partial charge in [0.1, 0.15) is 0 Å². The Kier molecular flexibility index (Phi) is 6.79. The Hall–Kier alpha value is -0.960. The third-order valence-electron chi connectivity index (χ3n) is 3.79. The second-order valence-corrected chi connectivity index (χ2v) is 8.86. The molecule has 0 aromatic heterocycles. The van der Waals surface area contributed by atoms with Crippen LogP contribution in [0, 0.1) is 5.92 Å². The molecule has 1 N–H and O–H groups in total. The molecular weight excluding hydrogens is 396 g/mol. The molecule has 1 aromatic carbocycles. The lowest BCUT2D eigenvalue weighted by Gasteiger charge is -2.26. The van der Waals surface area contributed by atoms with Gasteiger partial charge in [0.15, 0.2) is 0 Å². The molecule has 0 radical (unpaired) electrons. The third kappa shape index (κ3) is 4.78. The molecule has 2 rings (SSSR count). The number of amides is 1. The predicted octanol–water partition coefficient (Wildman–Crippen LogP) is 2.25. The van der Waals surface area contributed by atoms with Gasteiger partial charge in [-0.05, 0) is 46.5 Å². The van der Waals surface area contributed by atoms with Gasteiger partial charge in [-0.15, -0.1) is 0 Å². The van der Waals surface area contributed by atoms with Crippen molar-refractivity contribution in [1.29, 1.82) is 0 Å². The third-order valence-corrected chi connectivity index (χ3v) is 6.68. The van der Waals surface area contributed by atoms with E-state index >= 15 is 0 Å². The highest BCUT2D eigenvalue weighted by molar-refractivity contribution is 9.10. The van der Waals surface area contributed by atoms with Crippen molar-refractivity contribution >= 4 is 31.9 Å². The maximum absolute atomic E-state index is 12.8. The molecule has 1 amide bonds. The van der Waals surface area contributed by atoms with Crippen molar-refractivity contribution in [2.45, 2.75) is 25.2 Å². The Morgan fingerprint density at radius 3 is 2.62 bits per heavy atom. The van der Waals surface area contributed by atoms with E-state index in [4.69, 9.17) is 4.74 Å². The zero-order valence-corrected chi connectivity index (χ0v) is 16.3. The van der Waals surface area contributed by atoms with Crippen LogP contribution in [0.25, 0.3) is 0 Å². The van der Waals surface area contributed by atoms with Gasteiger partial charge >= 0.3 is 0 Å². The Morgan fingerprint density at radius 1 is 1.33 bits per heavy atom. The lowest BCUT2D eigenvalue weighted by molar-refractivity contribution is 0.0730. The molecular formula is C16H23BrN2O4S. The van der Waals surface area contributed by atoms with Crippen LogP contribution < -0.4 is 5.32 Å². The first-order valence-corrected chi connectivity index (χ1v) is 10.2. The summed E-state index contributed by atoms with van der Waals surface area (Å²) in [4.78, 5) is 12.4. The number of halogens is 1. The quantitative estimate of drug-likeness (QED) is 0.768. The molecule has 0 atom stereocenters. The van der Waals surface area contributed by atoms with Gasteiger partial charge in [-0.3, -0.25) is 4.79 Å². The van der Waals surface area contributed by atoms with Gasteiger partial charge in [0.25, 0.3) is 5.91 Å². The Labute approximate surface area is 151 Å². The highest BCUT2D eigenvalue weighted by atomic mass is 79.9. The highest BCUT2D eigenvalue weighted by Gasteiger charge is 2.28. The second kappa shape index (κ2) is 8.42. The van der Waals surface area contributed by atoms with Crippen LogP contribution in [-0.2, 0) is 14.8 Å². The van der Waals surface area contributed by atoms with Crippen molar-refractivity contribution in [3.05, 3.63) is 28.2 Å². The van der Waals surface area contributed by atoms with E-state index in [-0.39, 0.29) is 10.8 Å². The monoisotopic (exact) mass is 418 g/mol. The van der Waals surface area contributed by atoms with Crippen molar-refractivity contribution in [3.8, 4) is 0 Å². The molecule has 8 heteroatoms. The summed E-state index contributed by atoms with van der Waals surface area (Å²) in [5.74, 6) is 0.231. The number of hydrogen-bond donors (Lipinski definition) is 1. The summed E-state index contributed by atoms with van der Waals surface area (Å²) in [6.45, 7) is 6.13. The van der Waals surface area contributed by atoms with Crippen molar-refractivity contribution in [1.82, 2.24) is 9.62 Å². The van der Waals surface area contributed by atoms with E-state index in [0.29, 0.717) is 48.8 Å². The smallest absolute Gasteiger partial charge is 0.251 e. The molecule has 0 saturated carbocycles. The summed E-state index contributed by atoms with van der Waals surface area (Å²) in [6, 6.07) is 4.65.